The Bertz CT molecular complexity index is 696. The van der Waals surface area contributed by atoms with Gasteiger partial charge in [0.15, 0.2) is 6.29 Å². The van der Waals surface area contributed by atoms with Crippen molar-refractivity contribution >= 4 is 11.8 Å². The number of carbonyl (C=O) groups excluding carboxylic acids is 2. The summed E-state index contributed by atoms with van der Waals surface area (Å²) >= 11 is 0. The molecule has 1 aliphatic heterocycles. The topological polar surface area (TPSA) is 158 Å². The molecule has 1 fully saturated rings. The van der Waals surface area contributed by atoms with Crippen LogP contribution in [0.2, 0.25) is 0 Å². The van der Waals surface area contributed by atoms with Crippen LogP contribution in [0.15, 0.2) is 0 Å². The molecule has 6 N–H and O–H groups in total. The Kier molecular flexibility index (Phi) is 24.0. The second kappa shape index (κ2) is 26.0. The Labute approximate surface area is 260 Å². The van der Waals surface area contributed by atoms with Gasteiger partial charge in [0.05, 0.1) is 13.2 Å². The molecule has 0 aromatic heterocycles. The fraction of sp³-hybridized carbons (Fsp3) is 0.939. The number of hydrogen-bond donors (Lipinski definition) is 6. The highest BCUT2D eigenvalue weighted by molar-refractivity contribution is 5.87. The first kappa shape index (κ1) is 39.7. The van der Waals surface area contributed by atoms with Crippen molar-refractivity contribution in [1.29, 1.82) is 0 Å². The monoisotopic (exact) mass is 616 g/mol. The zero-order valence-corrected chi connectivity index (χ0v) is 27.1. The molecule has 43 heavy (non-hydrogen) atoms. The van der Waals surface area contributed by atoms with Gasteiger partial charge in [0.2, 0.25) is 11.8 Å². The van der Waals surface area contributed by atoms with Gasteiger partial charge in [-0.15, -0.1) is 0 Å². The molecule has 2 unspecified atom stereocenters. The average Bonchev–Trinajstić information content (AvgIpc) is 3.00. The number of hydrogen-bond acceptors (Lipinski definition) is 8. The molecule has 1 aliphatic rings. The lowest BCUT2D eigenvalue weighted by molar-refractivity contribution is -0.301. The van der Waals surface area contributed by atoms with E-state index in [9.17, 15) is 30.0 Å². The molecule has 254 valence electrons. The van der Waals surface area contributed by atoms with Gasteiger partial charge in [-0.2, -0.15) is 0 Å². The summed E-state index contributed by atoms with van der Waals surface area (Å²) in [7, 11) is 0. The number of rotatable bonds is 27. The van der Waals surface area contributed by atoms with Crippen LogP contribution in [-0.4, -0.2) is 88.7 Å². The van der Waals surface area contributed by atoms with E-state index in [2.05, 4.69) is 24.5 Å². The normalized spacial score (nSPS) is 22.8. The van der Waals surface area contributed by atoms with Crippen molar-refractivity contribution in [2.24, 2.45) is 0 Å². The number of amides is 2. The predicted molar refractivity (Wildman–Crippen MR) is 168 cm³/mol. The molecule has 0 spiro atoms. The van der Waals surface area contributed by atoms with Gasteiger partial charge in [0.1, 0.15) is 30.5 Å². The van der Waals surface area contributed by atoms with Crippen LogP contribution < -0.4 is 10.6 Å². The summed E-state index contributed by atoms with van der Waals surface area (Å²) < 4.78 is 11.0. The van der Waals surface area contributed by atoms with Gasteiger partial charge in [0, 0.05) is 13.0 Å². The number of ether oxygens (including phenoxy) is 2. The van der Waals surface area contributed by atoms with E-state index in [-0.39, 0.29) is 12.5 Å². The minimum absolute atomic E-state index is 0.252. The van der Waals surface area contributed by atoms with Crippen molar-refractivity contribution in [1.82, 2.24) is 10.6 Å². The molecule has 0 aromatic rings. The molecule has 1 saturated heterocycles. The zero-order chi connectivity index (χ0) is 31.7. The molecule has 10 nitrogen and oxygen atoms in total. The Morgan fingerprint density at radius 2 is 1.19 bits per heavy atom. The summed E-state index contributed by atoms with van der Waals surface area (Å²) in [6.07, 6.45) is 15.8. The van der Waals surface area contributed by atoms with E-state index < -0.39 is 49.3 Å². The second-order valence-electron chi connectivity index (χ2n) is 12.2. The van der Waals surface area contributed by atoms with Crippen LogP contribution in [-0.2, 0) is 19.1 Å². The van der Waals surface area contributed by atoms with Crippen LogP contribution in [0.5, 0.6) is 0 Å². The van der Waals surface area contributed by atoms with Crippen LogP contribution in [0.25, 0.3) is 0 Å². The second-order valence-corrected chi connectivity index (χ2v) is 12.2. The van der Waals surface area contributed by atoms with Crippen LogP contribution in [0.4, 0.5) is 0 Å². The minimum Gasteiger partial charge on any atom is -0.394 e. The van der Waals surface area contributed by atoms with Crippen LogP contribution >= 0.6 is 0 Å². The minimum atomic E-state index is -1.58. The number of carbonyl (C=O) groups is 2. The summed E-state index contributed by atoms with van der Waals surface area (Å²) in [6, 6.07) is -1.01. The third-order valence-corrected chi connectivity index (χ3v) is 8.26. The fourth-order valence-corrected chi connectivity index (χ4v) is 5.39. The summed E-state index contributed by atoms with van der Waals surface area (Å²) in [5.74, 6) is -0.649. The standard InChI is InChI=1S/C33H64N2O8/c1-3-5-7-9-10-11-12-13-14-15-16-17-18-19-20-22-28(37)35-26(32(41)34-23-21-8-6-4-2)25-42-33-31(40)30(39)29(38)27(24-36)43-33/h26-27,29-31,33,36,38-40H,3-25H2,1-2H3,(H,34,41)(H,35,37)/t26-,27?,29-,30-,31?,33+/m0/s1. The van der Waals surface area contributed by atoms with Crippen molar-refractivity contribution in [3.05, 3.63) is 0 Å². The molecular formula is C33H64N2O8. The van der Waals surface area contributed by atoms with Gasteiger partial charge < -0.3 is 40.5 Å². The van der Waals surface area contributed by atoms with Gasteiger partial charge in [-0.1, -0.05) is 123 Å². The van der Waals surface area contributed by atoms with Crippen molar-refractivity contribution in [2.75, 3.05) is 19.8 Å². The van der Waals surface area contributed by atoms with Crippen molar-refractivity contribution < 1.29 is 39.5 Å². The van der Waals surface area contributed by atoms with Gasteiger partial charge in [0.25, 0.3) is 0 Å². The van der Waals surface area contributed by atoms with Crippen LogP contribution in [0, 0.1) is 0 Å². The van der Waals surface area contributed by atoms with E-state index in [1.54, 1.807) is 0 Å². The number of aliphatic hydroxyl groups excluding tert-OH is 4. The number of unbranched alkanes of at least 4 members (excludes halogenated alkanes) is 17. The highest BCUT2D eigenvalue weighted by Gasteiger charge is 2.44. The summed E-state index contributed by atoms with van der Waals surface area (Å²) in [6.45, 7) is 3.96. The van der Waals surface area contributed by atoms with E-state index in [0.29, 0.717) is 13.0 Å². The van der Waals surface area contributed by atoms with Gasteiger partial charge in [-0.3, -0.25) is 9.59 Å². The first-order valence-corrected chi connectivity index (χ1v) is 17.3. The highest BCUT2D eigenvalue weighted by Crippen LogP contribution is 2.22. The summed E-state index contributed by atoms with van der Waals surface area (Å²) in [5, 5.41) is 45.2. The Morgan fingerprint density at radius 3 is 1.70 bits per heavy atom. The van der Waals surface area contributed by atoms with E-state index in [1.807, 2.05) is 0 Å². The zero-order valence-electron chi connectivity index (χ0n) is 27.1. The smallest absolute Gasteiger partial charge is 0.244 e. The predicted octanol–water partition coefficient (Wildman–Crippen LogP) is 4.25. The summed E-state index contributed by atoms with van der Waals surface area (Å²) in [5.41, 5.74) is 0. The van der Waals surface area contributed by atoms with Crippen molar-refractivity contribution in [2.45, 2.75) is 179 Å². The lowest BCUT2D eigenvalue weighted by atomic mass is 9.99. The molecule has 0 radical (unpaired) electrons. The first-order valence-electron chi connectivity index (χ1n) is 17.3. The fourth-order valence-electron chi connectivity index (χ4n) is 5.39. The number of nitrogens with one attached hydrogen (secondary N) is 2. The third kappa shape index (κ3) is 18.3. The SMILES string of the molecule is CCCCCCCCCCCCCCCCCC(=O)N[C@@H](CO[C@@H]1OC(CO)[C@H](O)[C@H](O)C1O)C(=O)NCCCCCC. The number of aliphatic hydroxyl groups is 4. The maximum Gasteiger partial charge on any atom is 0.244 e. The molecule has 2 amide bonds. The largest absolute Gasteiger partial charge is 0.394 e. The summed E-state index contributed by atoms with van der Waals surface area (Å²) in [4.78, 5) is 25.6. The van der Waals surface area contributed by atoms with E-state index in [0.717, 1.165) is 44.9 Å². The van der Waals surface area contributed by atoms with Crippen LogP contribution in [0.3, 0.4) is 0 Å². The van der Waals surface area contributed by atoms with Gasteiger partial charge >= 0.3 is 0 Å². The molecule has 1 heterocycles. The quantitative estimate of drug-likeness (QED) is 0.0748. The average molecular weight is 617 g/mol. The maximum absolute atomic E-state index is 12.9. The van der Waals surface area contributed by atoms with Gasteiger partial charge in [-0.05, 0) is 12.8 Å². The molecule has 1 rings (SSSR count). The first-order chi connectivity index (χ1) is 20.8. The molecule has 0 bridgehead atoms. The Hall–Kier alpha value is -1.30. The Morgan fingerprint density at radius 1 is 0.698 bits per heavy atom. The van der Waals surface area contributed by atoms with E-state index in [4.69, 9.17) is 9.47 Å². The van der Waals surface area contributed by atoms with Crippen LogP contribution in [0.1, 0.15) is 142 Å². The molecular weight excluding hydrogens is 552 g/mol. The van der Waals surface area contributed by atoms with Gasteiger partial charge in [-0.25, -0.2) is 0 Å². The molecule has 0 aliphatic carbocycles. The van der Waals surface area contributed by atoms with Crippen molar-refractivity contribution in [3.8, 4) is 0 Å². The maximum atomic E-state index is 12.9. The highest BCUT2D eigenvalue weighted by atomic mass is 16.7. The lowest BCUT2D eigenvalue weighted by Gasteiger charge is -2.39. The molecule has 0 saturated carbocycles. The third-order valence-electron chi connectivity index (χ3n) is 8.26. The molecule has 0 aromatic carbocycles. The molecule has 6 atom stereocenters. The molecule has 10 heteroatoms. The van der Waals surface area contributed by atoms with E-state index >= 15 is 0 Å². The Balaban J connectivity index is 2.34. The lowest BCUT2D eigenvalue weighted by Crippen LogP contribution is -2.60. The van der Waals surface area contributed by atoms with E-state index in [1.165, 1.54) is 77.0 Å². The van der Waals surface area contributed by atoms with Crippen molar-refractivity contribution in [3.63, 3.8) is 0 Å².